The maximum absolute atomic E-state index is 14.8. The number of nitrogens with zero attached hydrogens (tertiary/aromatic N) is 2. The van der Waals surface area contributed by atoms with Crippen molar-refractivity contribution in [3.05, 3.63) is 58.1 Å². The molecule has 2 aromatic carbocycles. The molecule has 0 unspecified atom stereocenters. The molecule has 8 heteroatoms. The molecule has 0 amide bonds. The van der Waals surface area contributed by atoms with Crippen LogP contribution in [0, 0.1) is 18.6 Å². The first-order chi connectivity index (χ1) is 12.9. The zero-order chi connectivity index (χ0) is 19.6. The average Bonchev–Trinajstić information content (AvgIpc) is 2.64. The van der Waals surface area contributed by atoms with Crippen molar-refractivity contribution in [2.24, 2.45) is 7.05 Å². The Kier molecular flexibility index (Phi) is 5.65. The van der Waals surface area contributed by atoms with Gasteiger partial charge in [0.15, 0.2) is 5.82 Å². The fourth-order valence-corrected chi connectivity index (χ4v) is 3.33. The number of rotatable bonds is 6. The lowest BCUT2D eigenvalue weighted by Crippen LogP contribution is -2.18. The van der Waals surface area contributed by atoms with E-state index in [-0.39, 0.29) is 16.9 Å². The highest BCUT2D eigenvalue weighted by molar-refractivity contribution is 8.00. The predicted octanol–water partition coefficient (Wildman–Crippen LogP) is 4.73. The zero-order valence-electron chi connectivity index (χ0n) is 15.3. The summed E-state index contributed by atoms with van der Waals surface area (Å²) in [5.41, 5.74) is 1.58. The van der Waals surface area contributed by atoms with Crippen LogP contribution in [0.5, 0.6) is 0 Å². The molecule has 0 atom stereocenters. The van der Waals surface area contributed by atoms with E-state index in [0.717, 1.165) is 24.3 Å². The second-order valence-corrected chi connectivity index (χ2v) is 7.08. The SMILES string of the molecule is CCCSNc1cc(F)cc(Nc2ccc3ncn(C)c(=O)c3c2C)c1F. The molecule has 142 valence electrons. The van der Waals surface area contributed by atoms with Crippen LogP contribution in [0.3, 0.4) is 0 Å². The van der Waals surface area contributed by atoms with Crippen molar-refractivity contribution in [1.82, 2.24) is 9.55 Å². The Morgan fingerprint density at radius 2 is 1.93 bits per heavy atom. The minimum atomic E-state index is -0.585. The van der Waals surface area contributed by atoms with E-state index in [1.54, 1.807) is 26.1 Å². The van der Waals surface area contributed by atoms with Gasteiger partial charge in [-0.1, -0.05) is 18.9 Å². The lowest BCUT2D eigenvalue weighted by atomic mass is 10.1. The van der Waals surface area contributed by atoms with Crippen molar-refractivity contribution < 1.29 is 8.78 Å². The van der Waals surface area contributed by atoms with Crippen molar-refractivity contribution >= 4 is 39.9 Å². The van der Waals surface area contributed by atoms with Crippen molar-refractivity contribution in [3.63, 3.8) is 0 Å². The Bertz CT molecular complexity index is 1050. The Morgan fingerprint density at radius 3 is 2.67 bits per heavy atom. The average molecular weight is 390 g/mol. The van der Waals surface area contributed by atoms with Crippen LogP contribution in [0.15, 0.2) is 35.4 Å². The van der Waals surface area contributed by atoms with Gasteiger partial charge in [0.25, 0.3) is 5.56 Å². The van der Waals surface area contributed by atoms with Gasteiger partial charge in [-0.15, -0.1) is 0 Å². The molecule has 3 rings (SSSR count). The van der Waals surface area contributed by atoms with Crippen LogP contribution in [0.1, 0.15) is 18.9 Å². The number of hydrogen-bond donors (Lipinski definition) is 2. The molecule has 5 nitrogen and oxygen atoms in total. The molecule has 0 fully saturated rings. The van der Waals surface area contributed by atoms with Crippen molar-refractivity contribution in [1.29, 1.82) is 0 Å². The van der Waals surface area contributed by atoms with Crippen molar-refractivity contribution in [3.8, 4) is 0 Å². The summed E-state index contributed by atoms with van der Waals surface area (Å²) in [5, 5.41) is 3.35. The first-order valence-corrected chi connectivity index (χ1v) is 9.49. The van der Waals surface area contributed by atoms with E-state index in [2.05, 4.69) is 15.0 Å². The number of nitrogens with one attached hydrogen (secondary N) is 2. The quantitative estimate of drug-likeness (QED) is 0.471. The van der Waals surface area contributed by atoms with Crippen LogP contribution in [0.2, 0.25) is 0 Å². The normalized spacial score (nSPS) is 11.0. The molecule has 0 saturated heterocycles. The summed E-state index contributed by atoms with van der Waals surface area (Å²) < 4.78 is 33.0. The summed E-state index contributed by atoms with van der Waals surface area (Å²) in [7, 11) is 1.62. The van der Waals surface area contributed by atoms with Gasteiger partial charge in [-0.25, -0.2) is 13.8 Å². The molecule has 27 heavy (non-hydrogen) atoms. The van der Waals surface area contributed by atoms with Gasteiger partial charge in [0.2, 0.25) is 0 Å². The molecule has 0 aliphatic carbocycles. The van der Waals surface area contributed by atoms with Crippen molar-refractivity contribution in [2.75, 3.05) is 15.8 Å². The monoisotopic (exact) mass is 390 g/mol. The molecule has 0 spiro atoms. The van der Waals surface area contributed by atoms with Gasteiger partial charge in [0, 0.05) is 30.6 Å². The summed E-state index contributed by atoms with van der Waals surface area (Å²) >= 11 is 1.32. The van der Waals surface area contributed by atoms with E-state index < -0.39 is 11.6 Å². The molecule has 0 saturated carbocycles. The van der Waals surface area contributed by atoms with Gasteiger partial charge < -0.3 is 14.6 Å². The van der Waals surface area contributed by atoms with E-state index in [4.69, 9.17) is 0 Å². The zero-order valence-corrected chi connectivity index (χ0v) is 16.1. The number of aryl methyl sites for hydroxylation is 2. The second kappa shape index (κ2) is 7.96. The smallest absolute Gasteiger partial charge is 0.261 e. The fourth-order valence-electron chi connectivity index (χ4n) is 2.72. The standard InChI is InChI=1S/C19H20F2N4OS/c1-4-7-27-24-16-9-12(20)8-15(18(16)21)23-13-5-6-14-17(11(13)2)19(26)25(3)10-22-14/h5-6,8-10,23-24H,4,7H2,1-3H3. The molecular weight excluding hydrogens is 370 g/mol. The molecule has 3 aromatic rings. The van der Waals surface area contributed by atoms with E-state index in [0.29, 0.717) is 22.2 Å². The van der Waals surface area contributed by atoms with Crippen molar-refractivity contribution in [2.45, 2.75) is 20.3 Å². The van der Waals surface area contributed by atoms with Gasteiger partial charge in [0.05, 0.1) is 28.6 Å². The summed E-state index contributed by atoms with van der Waals surface area (Å²) in [5.74, 6) is -0.369. The fraction of sp³-hybridized carbons (Fsp3) is 0.263. The highest BCUT2D eigenvalue weighted by atomic mass is 32.2. The maximum Gasteiger partial charge on any atom is 0.261 e. The van der Waals surface area contributed by atoms with Gasteiger partial charge in [-0.05, 0) is 31.0 Å². The van der Waals surface area contributed by atoms with E-state index >= 15 is 0 Å². The Labute approximate surface area is 159 Å². The Morgan fingerprint density at radius 1 is 1.19 bits per heavy atom. The van der Waals surface area contributed by atoms with Crippen LogP contribution in [0.4, 0.5) is 25.8 Å². The topological polar surface area (TPSA) is 59.0 Å². The van der Waals surface area contributed by atoms with Gasteiger partial charge in [-0.3, -0.25) is 4.79 Å². The molecule has 0 bridgehead atoms. The molecule has 0 radical (unpaired) electrons. The molecule has 0 aliphatic heterocycles. The van der Waals surface area contributed by atoms with Gasteiger partial charge >= 0.3 is 0 Å². The lowest BCUT2D eigenvalue weighted by molar-refractivity contribution is 0.607. The van der Waals surface area contributed by atoms with Crippen LogP contribution < -0.4 is 15.6 Å². The third-order valence-electron chi connectivity index (χ3n) is 4.14. The molecule has 2 N–H and O–H groups in total. The summed E-state index contributed by atoms with van der Waals surface area (Å²) in [6.07, 6.45) is 2.37. The summed E-state index contributed by atoms with van der Waals surface area (Å²) in [6.45, 7) is 3.76. The Hall–Kier alpha value is -2.61. The second-order valence-electron chi connectivity index (χ2n) is 6.18. The third kappa shape index (κ3) is 3.90. The molecule has 0 aliphatic rings. The molecular formula is C19H20F2N4OS. The maximum atomic E-state index is 14.8. The third-order valence-corrected chi connectivity index (χ3v) is 5.12. The highest BCUT2D eigenvalue weighted by Crippen LogP contribution is 2.31. The number of fused-ring (bicyclic) bond motifs is 1. The minimum Gasteiger partial charge on any atom is -0.353 e. The first-order valence-electron chi connectivity index (χ1n) is 8.51. The molecule has 1 aromatic heterocycles. The van der Waals surface area contributed by atoms with E-state index in [1.165, 1.54) is 22.8 Å². The number of anilines is 3. The number of aromatic nitrogens is 2. The molecule has 1 heterocycles. The first kappa shape index (κ1) is 19.2. The van der Waals surface area contributed by atoms with Gasteiger partial charge in [0.1, 0.15) is 5.82 Å². The van der Waals surface area contributed by atoms with E-state index in [9.17, 15) is 13.6 Å². The van der Waals surface area contributed by atoms with Crippen LogP contribution in [-0.4, -0.2) is 15.3 Å². The van der Waals surface area contributed by atoms with E-state index in [1.807, 2.05) is 6.92 Å². The van der Waals surface area contributed by atoms with Gasteiger partial charge in [-0.2, -0.15) is 0 Å². The number of benzene rings is 2. The highest BCUT2D eigenvalue weighted by Gasteiger charge is 2.14. The predicted molar refractivity (Wildman–Crippen MR) is 108 cm³/mol. The van der Waals surface area contributed by atoms with Crippen LogP contribution in [0.25, 0.3) is 10.9 Å². The van der Waals surface area contributed by atoms with Crippen LogP contribution >= 0.6 is 11.9 Å². The summed E-state index contributed by atoms with van der Waals surface area (Å²) in [4.78, 5) is 16.7. The lowest BCUT2D eigenvalue weighted by Gasteiger charge is -2.15. The summed E-state index contributed by atoms with van der Waals surface area (Å²) in [6, 6.07) is 5.60. The van der Waals surface area contributed by atoms with Crippen LogP contribution in [-0.2, 0) is 7.05 Å². The number of hydrogen-bond acceptors (Lipinski definition) is 5. The Balaban J connectivity index is 2.01. The minimum absolute atomic E-state index is 0.00207. The number of halogens is 2. The largest absolute Gasteiger partial charge is 0.353 e.